The largest absolute Gasteiger partial charge is 0.478 e. The van der Waals surface area contributed by atoms with Crippen LogP contribution in [0.3, 0.4) is 0 Å². The maximum absolute atomic E-state index is 12.7. The third-order valence-corrected chi connectivity index (χ3v) is 4.83. The number of aromatic carboxylic acids is 1. The summed E-state index contributed by atoms with van der Waals surface area (Å²) < 4.78 is 0. The number of Topliss-reactive ketones (excluding diaryl/α,β-unsaturated/α-hetero) is 1. The summed E-state index contributed by atoms with van der Waals surface area (Å²) in [4.78, 5) is 35.9. The molecule has 5 nitrogen and oxygen atoms in total. The Hall–Kier alpha value is -2.60. The van der Waals surface area contributed by atoms with Gasteiger partial charge in [0.15, 0.2) is 0 Å². The van der Waals surface area contributed by atoms with Crippen LogP contribution in [0.25, 0.3) is 0 Å². The van der Waals surface area contributed by atoms with E-state index >= 15 is 0 Å². The van der Waals surface area contributed by atoms with Gasteiger partial charge in [0.1, 0.15) is 11.7 Å². The van der Waals surface area contributed by atoms with E-state index in [0.29, 0.717) is 5.69 Å². The van der Waals surface area contributed by atoms with Crippen molar-refractivity contribution in [1.29, 1.82) is 0 Å². The molecule has 2 unspecified atom stereocenters. The van der Waals surface area contributed by atoms with Crippen molar-refractivity contribution >= 4 is 35.1 Å². The predicted octanol–water partition coefficient (Wildman–Crippen LogP) is 3.63. The second kappa shape index (κ2) is 8.48. The Kier molecular flexibility index (Phi) is 6.36. The zero-order valence-corrected chi connectivity index (χ0v) is 14.7. The molecule has 6 heteroatoms. The molecule has 25 heavy (non-hydrogen) atoms. The number of rotatable bonds is 7. The van der Waals surface area contributed by atoms with Crippen LogP contribution in [0.1, 0.15) is 28.1 Å². The fourth-order valence-corrected chi connectivity index (χ4v) is 3.61. The molecule has 0 aliphatic carbocycles. The molecule has 0 fully saturated rings. The van der Waals surface area contributed by atoms with Crippen molar-refractivity contribution in [3.63, 3.8) is 0 Å². The minimum absolute atomic E-state index is 0.0710. The van der Waals surface area contributed by atoms with Gasteiger partial charge in [-0.3, -0.25) is 9.59 Å². The van der Waals surface area contributed by atoms with Gasteiger partial charge in [0.2, 0.25) is 5.91 Å². The fraction of sp³-hybridized carbons (Fsp3) is 0.211. The number of carboxylic acids is 1. The van der Waals surface area contributed by atoms with Crippen LogP contribution < -0.4 is 5.32 Å². The summed E-state index contributed by atoms with van der Waals surface area (Å²) >= 11 is 1.43. The topological polar surface area (TPSA) is 83.5 Å². The Labute approximate surface area is 150 Å². The van der Waals surface area contributed by atoms with E-state index < -0.39 is 17.8 Å². The highest BCUT2D eigenvalue weighted by molar-refractivity contribution is 7.98. The van der Waals surface area contributed by atoms with E-state index in [0.717, 1.165) is 5.56 Å². The fourth-order valence-electron chi connectivity index (χ4n) is 2.59. The molecule has 130 valence electrons. The summed E-state index contributed by atoms with van der Waals surface area (Å²) in [6, 6.07) is 15.3. The van der Waals surface area contributed by atoms with Gasteiger partial charge in [-0.25, -0.2) is 4.79 Å². The summed E-state index contributed by atoms with van der Waals surface area (Å²) in [5.41, 5.74) is 1.32. The number of hydrogen-bond donors (Lipinski definition) is 2. The van der Waals surface area contributed by atoms with E-state index in [4.69, 9.17) is 5.11 Å². The zero-order chi connectivity index (χ0) is 18.4. The van der Waals surface area contributed by atoms with Crippen LogP contribution in [0, 0.1) is 5.92 Å². The van der Waals surface area contributed by atoms with Gasteiger partial charge in [-0.05, 0) is 36.9 Å². The summed E-state index contributed by atoms with van der Waals surface area (Å²) in [5.74, 6) is -2.63. The molecule has 2 N–H and O–H groups in total. The number of hydrogen-bond acceptors (Lipinski definition) is 4. The second-order valence-corrected chi connectivity index (χ2v) is 6.51. The van der Waals surface area contributed by atoms with E-state index in [2.05, 4.69) is 5.32 Å². The van der Waals surface area contributed by atoms with Gasteiger partial charge in [-0.2, -0.15) is 11.8 Å². The number of ketones is 1. The van der Waals surface area contributed by atoms with Gasteiger partial charge in [0.25, 0.3) is 0 Å². The SMILES string of the molecule is CSC(c1ccccc1)C(C(C)=O)C(=O)Nc1cccc(C(=O)O)c1. The number of benzene rings is 2. The van der Waals surface area contributed by atoms with Crippen molar-refractivity contribution in [3.8, 4) is 0 Å². The monoisotopic (exact) mass is 357 g/mol. The Morgan fingerprint density at radius 1 is 1.04 bits per heavy atom. The van der Waals surface area contributed by atoms with Gasteiger partial charge in [-0.15, -0.1) is 0 Å². The van der Waals surface area contributed by atoms with Crippen LogP contribution in [0.4, 0.5) is 5.69 Å². The molecule has 0 heterocycles. The molecule has 0 aromatic heterocycles. The van der Waals surface area contributed by atoms with E-state index in [1.807, 2.05) is 36.6 Å². The van der Waals surface area contributed by atoms with Crippen LogP contribution in [-0.2, 0) is 9.59 Å². The van der Waals surface area contributed by atoms with Crippen molar-refractivity contribution in [1.82, 2.24) is 0 Å². The number of amides is 1. The molecule has 0 saturated heterocycles. The molecule has 2 aromatic rings. The Morgan fingerprint density at radius 2 is 1.72 bits per heavy atom. The molecule has 2 rings (SSSR count). The first-order valence-electron chi connectivity index (χ1n) is 7.66. The van der Waals surface area contributed by atoms with Crippen LogP contribution in [0.15, 0.2) is 54.6 Å². The molecule has 0 spiro atoms. The van der Waals surface area contributed by atoms with Crippen LogP contribution >= 0.6 is 11.8 Å². The first-order chi connectivity index (χ1) is 11.9. The van der Waals surface area contributed by atoms with Gasteiger partial charge < -0.3 is 10.4 Å². The molecule has 0 saturated carbocycles. The Balaban J connectivity index is 2.27. The van der Waals surface area contributed by atoms with Crippen molar-refractivity contribution in [2.75, 3.05) is 11.6 Å². The minimum atomic E-state index is -1.08. The number of carbonyl (C=O) groups excluding carboxylic acids is 2. The molecule has 1 amide bonds. The Bertz CT molecular complexity index is 776. The molecule has 2 aromatic carbocycles. The van der Waals surface area contributed by atoms with E-state index in [9.17, 15) is 14.4 Å². The number of carbonyl (C=O) groups is 3. The molecule has 0 aliphatic heterocycles. The van der Waals surface area contributed by atoms with Crippen LogP contribution in [0.5, 0.6) is 0 Å². The van der Waals surface area contributed by atoms with Crippen LogP contribution in [0.2, 0.25) is 0 Å². The first kappa shape index (κ1) is 18.7. The van der Waals surface area contributed by atoms with Gasteiger partial charge in [0.05, 0.1) is 5.56 Å². The van der Waals surface area contributed by atoms with E-state index in [1.54, 1.807) is 12.1 Å². The van der Waals surface area contributed by atoms with Crippen LogP contribution in [-0.4, -0.2) is 29.0 Å². The first-order valence-corrected chi connectivity index (χ1v) is 8.95. The number of thioether (sulfide) groups is 1. The lowest BCUT2D eigenvalue weighted by Gasteiger charge is -2.23. The smallest absolute Gasteiger partial charge is 0.335 e. The minimum Gasteiger partial charge on any atom is -0.478 e. The third kappa shape index (κ3) is 4.70. The van der Waals surface area contributed by atoms with Crippen molar-refractivity contribution < 1.29 is 19.5 Å². The Morgan fingerprint density at radius 3 is 2.28 bits per heavy atom. The zero-order valence-electron chi connectivity index (χ0n) is 13.9. The van der Waals surface area contributed by atoms with Gasteiger partial charge in [0, 0.05) is 10.9 Å². The lowest BCUT2D eigenvalue weighted by atomic mass is 9.94. The second-order valence-electron chi connectivity index (χ2n) is 5.53. The van der Waals surface area contributed by atoms with Gasteiger partial charge >= 0.3 is 5.97 Å². The van der Waals surface area contributed by atoms with E-state index in [1.165, 1.54) is 30.8 Å². The highest BCUT2D eigenvalue weighted by Gasteiger charge is 2.33. The van der Waals surface area contributed by atoms with Crippen molar-refractivity contribution in [3.05, 3.63) is 65.7 Å². The third-order valence-electron chi connectivity index (χ3n) is 3.78. The van der Waals surface area contributed by atoms with E-state index in [-0.39, 0.29) is 16.6 Å². The molecular weight excluding hydrogens is 338 g/mol. The summed E-state index contributed by atoms with van der Waals surface area (Å²) in [6.45, 7) is 1.39. The number of carboxylic acid groups (broad SMARTS) is 1. The summed E-state index contributed by atoms with van der Waals surface area (Å²) in [5, 5.41) is 11.4. The highest BCUT2D eigenvalue weighted by Crippen LogP contribution is 2.35. The van der Waals surface area contributed by atoms with Gasteiger partial charge in [-0.1, -0.05) is 36.4 Å². The number of anilines is 1. The maximum atomic E-state index is 12.7. The highest BCUT2D eigenvalue weighted by atomic mass is 32.2. The lowest BCUT2D eigenvalue weighted by Crippen LogP contribution is -2.32. The molecule has 0 radical (unpaired) electrons. The maximum Gasteiger partial charge on any atom is 0.335 e. The predicted molar refractivity (Wildman–Crippen MR) is 98.9 cm³/mol. The van der Waals surface area contributed by atoms with Crippen molar-refractivity contribution in [2.45, 2.75) is 12.2 Å². The molecular formula is C19H19NO4S. The average Bonchev–Trinajstić information content (AvgIpc) is 2.59. The molecule has 2 atom stereocenters. The van der Waals surface area contributed by atoms with Crippen molar-refractivity contribution in [2.24, 2.45) is 5.92 Å². The lowest BCUT2D eigenvalue weighted by molar-refractivity contribution is -0.129. The quantitative estimate of drug-likeness (QED) is 0.739. The molecule has 0 bridgehead atoms. The summed E-state index contributed by atoms with van der Waals surface area (Å²) in [6.07, 6.45) is 1.85. The number of nitrogens with one attached hydrogen (secondary N) is 1. The average molecular weight is 357 g/mol. The molecule has 0 aliphatic rings. The normalized spacial score (nSPS) is 12.9. The summed E-state index contributed by atoms with van der Waals surface area (Å²) in [7, 11) is 0. The standard InChI is InChI=1S/C19H19NO4S/c1-12(21)16(17(25-2)13-7-4-3-5-8-13)18(22)20-15-10-6-9-14(11-15)19(23)24/h3-11,16-17H,1-2H3,(H,20,22)(H,23,24).